The van der Waals surface area contributed by atoms with Crippen molar-refractivity contribution >= 4 is 23.5 Å². The van der Waals surface area contributed by atoms with E-state index in [4.69, 9.17) is 4.74 Å². The molecule has 3 unspecified atom stereocenters. The van der Waals surface area contributed by atoms with Crippen LogP contribution in [0.15, 0.2) is 67.3 Å². The Kier molecular flexibility index (Phi) is 6.07. The summed E-state index contributed by atoms with van der Waals surface area (Å²) in [6.45, 7) is 5.37. The Hall–Kier alpha value is -3.46. The number of anilines is 1. The summed E-state index contributed by atoms with van der Waals surface area (Å²) in [7, 11) is 0. The largest absolute Gasteiger partial charge is 0.465 e. The molecule has 2 aromatic carbocycles. The van der Waals surface area contributed by atoms with Gasteiger partial charge in [0.1, 0.15) is 5.54 Å². The maximum absolute atomic E-state index is 13.6. The molecule has 0 saturated carbocycles. The number of hydrogen-bond donors (Lipinski definition) is 1. The number of carbonyl (C=O) groups is 3. The first-order valence-corrected chi connectivity index (χ1v) is 10.8. The minimum atomic E-state index is -4.52. The van der Waals surface area contributed by atoms with E-state index in [1.54, 1.807) is 37.3 Å². The number of hydrogen-bond acceptors (Lipinski definition) is 5. The van der Waals surface area contributed by atoms with E-state index in [0.29, 0.717) is 11.3 Å². The summed E-state index contributed by atoms with van der Waals surface area (Å²) in [6, 6.07) is 11.8. The highest BCUT2D eigenvalue weighted by Crippen LogP contribution is 2.51. The fourth-order valence-electron chi connectivity index (χ4n) is 4.95. The molecular formula is C25H23F3N2O4. The molecule has 2 fully saturated rings. The van der Waals surface area contributed by atoms with Gasteiger partial charge >= 0.3 is 12.1 Å². The van der Waals surface area contributed by atoms with Gasteiger partial charge in [-0.2, -0.15) is 13.2 Å². The van der Waals surface area contributed by atoms with E-state index < -0.39 is 52.9 Å². The standard InChI is InChI=1S/C25H23F3N2O4/c1-3-14-24(23(33)34-4-2)19-18(21(31)30(22(19)32)17-8-6-5-7-9-17)20(29-24)15-10-12-16(13-11-15)25(26,27)28/h3,5-13,18-20,29H,1,4,14H2,2H3/t18?,19?,20?,24-/m1/s1. The fraction of sp³-hybridized carbons (Fsp3) is 0.320. The number of alkyl halides is 3. The molecular weight excluding hydrogens is 449 g/mol. The molecule has 178 valence electrons. The van der Waals surface area contributed by atoms with Crippen molar-refractivity contribution in [3.05, 3.63) is 78.4 Å². The average Bonchev–Trinajstić information content (AvgIpc) is 3.28. The lowest BCUT2D eigenvalue weighted by molar-refractivity contribution is -0.154. The third kappa shape index (κ3) is 3.69. The summed E-state index contributed by atoms with van der Waals surface area (Å²) in [5.41, 5.74) is -1.72. The van der Waals surface area contributed by atoms with Crippen LogP contribution in [0.25, 0.3) is 0 Å². The van der Waals surface area contributed by atoms with Gasteiger partial charge in [-0.1, -0.05) is 36.4 Å². The van der Waals surface area contributed by atoms with Gasteiger partial charge in [-0.05, 0) is 43.2 Å². The van der Waals surface area contributed by atoms with Gasteiger partial charge in [0.2, 0.25) is 11.8 Å². The number of rotatable bonds is 6. The maximum Gasteiger partial charge on any atom is 0.416 e. The second-order valence-electron chi connectivity index (χ2n) is 8.28. The molecule has 0 aliphatic carbocycles. The number of fused-ring (bicyclic) bond motifs is 1. The molecule has 2 heterocycles. The van der Waals surface area contributed by atoms with Gasteiger partial charge in [-0.25, -0.2) is 4.90 Å². The molecule has 2 aromatic rings. The summed E-state index contributed by atoms with van der Waals surface area (Å²) < 4.78 is 44.5. The zero-order valence-electron chi connectivity index (χ0n) is 18.3. The zero-order chi connectivity index (χ0) is 24.7. The van der Waals surface area contributed by atoms with Gasteiger partial charge in [0.15, 0.2) is 0 Å². The number of ether oxygens (including phenoxy) is 1. The normalized spacial score (nSPS) is 26.5. The Morgan fingerprint density at radius 3 is 2.32 bits per heavy atom. The average molecular weight is 472 g/mol. The number of amides is 2. The molecule has 2 aliphatic rings. The second kappa shape index (κ2) is 8.72. The summed E-state index contributed by atoms with van der Waals surface area (Å²) in [5, 5.41) is 3.10. The quantitative estimate of drug-likeness (QED) is 0.390. The van der Waals surface area contributed by atoms with Crippen LogP contribution in [0.3, 0.4) is 0 Å². The fourth-order valence-corrected chi connectivity index (χ4v) is 4.95. The Bertz CT molecular complexity index is 1120. The van der Waals surface area contributed by atoms with Crippen LogP contribution in [0, 0.1) is 11.8 Å². The van der Waals surface area contributed by atoms with Gasteiger partial charge in [0.05, 0.1) is 29.7 Å². The molecule has 2 aliphatic heterocycles. The topological polar surface area (TPSA) is 75.7 Å². The summed E-state index contributed by atoms with van der Waals surface area (Å²) in [5.74, 6) is -3.96. The predicted molar refractivity (Wildman–Crippen MR) is 117 cm³/mol. The van der Waals surface area contributed by atoms with Crippen molar-refractivity contribution in [2.75, 3.05) is 11.5 Å². The van der Waals surface area contributed by atoms with Crippen molar-refractivity contribution in [2.45, 2.75) is 31.1 Å². The van der Waals surface area contributed by atoms with Crippen molar-refractivity contribution in [3.63, 3.8) is 0 Å². The molecule has 0 aromatic heterocycles. The Morgan fingerprint density at radius 1 is 1.12 bits per heavy atom. The third-order valence-electron chi connectivity index (χ3n) is 6.37. The van der Waals surface area contributed by atoms with E-state index >= 15 is 0 Å². The number of nitrogens with zero attached hydrogens (tertiary/aromatic N) is 1. The molecule has 0 bridgehead atoms. The number of esters is 1. The lowest BCUT2D eigenvalue weighted by atomic mass is 9.77. The van der Waals surface area contributed by atoms with Crippen LogP contribution in [-0.4, -0.2) is 29.9 Å². The van der Waals surface area contributed by atoms with Crippen LogP contribution >= 0.6 is 0 Å². The minimum absolute atomic E-state index is 0.00815. The van der Waals surface area contributed by atoms with Gasteiger partial charge in [0.25, 0.3) is 0 Å². The van der Waals surface area contributed by atoms with Crippen LogP contribution in [-0.2, 0) is 25.3 Å². The number of carbonyl (C=O) groups excluding carboxylic acids is 3. The molecule has 0 radical (unpaired) electrons. The minimum Gasteiger partial charge on any atom is -0.465 e. The Balaban J connectivity index is 1.84. The summed E-state index contributed by atoms with van der Waals surface area (Å²) in [4.78, 5) is 41.5. The molecule has 1 N–H and O–H groups in total. The molecule has 34 heavy (non-hydrogen) atoms. The van der Waals surface area contributed by atoms with Crippen LogP contribution in [0.2, 0.25) is 0 Å². The third-order valence-corrected chi connectivity index (χ3v) is 6.37. The van der Waals surface area contributed by atoms with Crippen molar-refractivity contribution in [1.82, 2.24) is 5.32 Å². The predicted octanol–water partition coefficient (Wildman–Crippen LogP) is 4.03. The molecule has 9 heteroatoms. The van der Waals surface area contributed by atoms with Crippen LogP contribution in [0.5, 0.6) is 0 Å². The number of nitrogens with one attached hydrogen (secondary N) is 1. The van der Waals surface area contributed by atoms with Gasteiger partial charge in [0, 0.05) is 6.04 Å². The van der Waals surface area contributed by atoms with E-state index in [0.717, 1.165) is 17.0 Å². The highest BCUT2D eigenvalue weighted by Gasteiger charge is 2.68. The smallest absolute Gasteiger partial charge is 0.416 e. The monoisotopic (exact) mass is 472 g/mol. The van der Waals surface area contributed by atoms with E-state index in [1.165, 1.54) is 18.2 Å². The summed E-state index contributed by atoms with van der Waals surface area (Å²) in [6.07, 6.45) is -3.07. The molecule has 4 atom stereocenters. The van der Waals surface area contributed by atoms with Crippen molar-refractivity contribution in [3.8, 4) is 0 Å². The first kappa shape index (κ1) is 23.7. The lowest BCUT2D eigenvalue weighted by Crippen LogP contribution is -2.56. The van der Waals surface area contributed by atoms with E-state index in [9.17, 15) is 27.6 Å². The number of imide groups is 1. The molecule has 0 spiro atoms. The number of benzene rings is 2. The highest BCUT2D eigenvalue weighted by atomic mass is 19.4. The second-order valence-corrected chi connectivity index (χ2v) is 8.28. The zero-order valence-corrected chi connectivity index (χ0v) is 18.3. The van der Waals surface area contributed by atoms with Gasteiger partial charge < -0.3 is 4.74 Å². The Labute approximate surface area is 194 Å². The van der Waals surface area contributed by atoms with Gasteiger partial charge in [-0.3, -0.25) is 19.7 Å². The van der Waals surface area contributed by atoms with Crippen LogP contribution < -0.4 is 10.2 Å². The first-order chi connectivity index (χ1) is 16.2. The molecule has 6 nitrogen and oxygen atoms in total. The van der Waals surface area contributed by atoms with Crippen molar-refractivity contribution in [2.24, 2.45) is 11.8 Å². The maximum atomic E-state index is 13.6. The Morgan fingerprint density at radius 2 is 1.76 bits per heavy atom. The summed E-state index contributed by atoms with van der Waals surface area (Å²) >= 11 is 0. The van der Waals surface area contributed by atoms with Crippen LogP contribution in [0.4, 0.5) is 18.9 Å². The van der Waals surface area contributed by atoms with E-state index in [-0.39, 0.29) is 13.0 Å². The number of para-hydroxylation sites is 1. The molecule has 2 saturated heterocycles. The van der Waals surface area contributed by atoms with Crippen molar-refractivity contribution in [1.29, 1.82) is 0 Å². The highest BCUT2D eigenvalue weighted by molar-refractivity contribution is 6.24. The van der Waals surface area contributed by atoms with E-state index in [1.807, 2.05) is 0 Å². The number of halogens is 3. The molecule has 2 amide bonds. The van der Waals surface area contributed by atoms with Crippen molar-refractivity contribution < 1.29 is 32.3 Å². The van der Waals surface area contributed by atoms with Crippen LogP contribution in [0.1, 0.15) is 30.5 Å². The van der Waals surface area contributed by atoms with E-state index in [2.05, 4.69) is 11.9 Å². The first-order valence-electron chi connectivity index (χ1n) is 10.8. The molecule has 4 rings (SSSR count). The SMILES string of the molecule is C=CC[C@@]1(C(=O)OCC)NC(c2ccc(C(F)(F)F)cc2)C2C(=O)N(c3ccccc3)C(=O)C21. The lowest BCUT2D eigenvalue weighted by Gasteiger charge is -2.32. The van der Waals surface area contributed by atoms with Gasteiger partial charge in [-0.15, -0.1) is 6.58 Å².